The average molecular weight is 340 g/mol. The van der Waals surface area contributed by atoms with Gasteiger partial charge in [-0.05, 0) is 23.8 Å². The Morgan fingerprint density at radius 3 is 2.64 bits per heavy atom. The van der Waals surface area contributed by atoms with Crippen molar-refractivity contribution < 1.29 is 9.53 Å². The van der Waals surface area contributed by atoms with Crippen molar-refractivity contribution in [3.63, 3.8) is 0 Å². The normalized spacial score (nSPS) is 10.5. The fourth-order valence-electron chi connectivity index (χ4n) is 1.71. The van der Waals surface area contributed by atoms with Crippen LogP contribution in [0.4, 0.5) is 5.82 Å². The molecule has 0 saturated carbocycles. The van der Waals surface area contributed by atoms with Crippen molar-refractivity contribution in [3.8, 4) is 0 Å². The summed E-state index contributed by atoms with van der Waals surface area (Å²) in [7, 11) is 0. The van der Waals surface area contributed by atoms with Gasteiger partial charge in [-0.3, -0.25) is 4.79 Å². The molecule has 7 heteroatoms. The van der Waals surface area contributed by atoms with Crippen molar-refractivity contribution in [2.75, 3.05) is 18.5 Å². The first-order valence-corrected chi connectivity index (χ1v) is 7.33. The maximum Gasteiger partial charge on any atom is 0.250 e. The van der Waals surface area contributed by atoms with Crippen LogP contribution in [0.3, 0.4) is 0 Å². The van der Waals surface area contributed by atoms with E-state index in [9.17, 15) is 4.79 Å². The zero-order chi connectivity index (χ0) is 15.9. The van der Waals surface area contributed by atoms with Crippen LogP contribution in [-0.2, 0) is 11.3 Å². The van der Waals surface area contributed by atoms with Crippen molar-refractivity contribution in [2.24, 2.45) is 5.73 Å². The average Bonchev–Trinajstić information content (AvgIpc) is 2.50. The number of rotatable bonds is 7. The first kappa shape index (κ1) is 16.5. The van der Waals surface area contributed by atoms with E-state index >= 15 is 0 Å². The number of aromatic nitrogens is 1. The summed E-state index contributed by atoms with van der Waals surface area (Å²) in [6.45, 7) is 1.52. The SMILES string of the molecule is NC(=O)c1cnc(NCCOCc2ccc(Cl)cc2)c(Cl)c1. The second-order valence-electron chi connectivity index (χ2n) is 4.52. The minimum absolute atomic E-state index is 0.273. The van der Waals surface area contributed by atoms with Gasteiger partial charge in [0.25, 0.3) is 0 Å². The lowest BCUT2D eigenvalue weighted by Crippen LogP contribution is -2.13. The molecule has 0 saturated heterocycles. The molecule has 1 heterocycles. The van der Waals surface area contributed by atoms with Crippen molar-refractivity contribution in [1.82, 2.24) is 4.98 Å². The number of primary amides is 1. The highest BCUT2D eigenvalue weighted by Crippen LogP contribution is 2.19. The molecule has 1 aromatic carbocycles. The van der Waals surface area contributed by atoms with E-state index in [0.717, 1.165) is 5.56 Å². The molecule has 0 atom stereocenters. The Bertz CT molecular complexity index is 648. The lowest BCUT2D eigenvalue weighted by Gasteiger charge is -2.09. The summed E-state index contributed by atoms with van der Waals surface area (Å²) in [5, 5.41) is 4.07. The Kier molecular flexibility index (Phi) is 6.00. The van der Waals surface area contributed by atoms with Crippen LogP contribution >= 0.6 is 23.2 Å². The van der Waals surface area contributed by atoms with Gasteiger partial charge >= 0.3 is 0 Å². The molecular formula is C15H15Cl2N3O2. The van der Waals surface area contributed by atoms with Gasteiger partial charge in [0.2, 0.25) is 5.91 Å². The number of carbonyl (C=O) groups excluding carboxylic acids is 1. The number of hydrogen-bond donors (Lipinski definition) is 2. The van der Waals surface area contributed by atoms with Crippen LogP contribution in [0.25, 0.3) is 0 Å². The number of nitrogens with one attached hydrogen (secondary N) is 1. The van der Waals surface area contributed by atoms with E-state index in [1.165, 1.54) is 12.3 Å². The summed E-state index contributed by atoms with van der Waals surface area (Å²) in [5.41, 5.74) is 6.47. The second-order valence-corrected chi connectivity index (χ2v) is 5.37. The lowest BCUT2D eigenvalue weighted by molar-refractivity contribution is 0.1000. The van der Waals surface area contributed by atoms with Gasteiger partial charge in [-0.15, -0.1) is 0 Å². The van der Waals surface area contributed by atoms with Gasteiger partial charge in [0.15, 0.2) is 0 Å². The number of amides is 1. The Hall–Kier alpha value is -1.82. The Balaban J connectivity index is 1.74. The van der Waals surface area contributed by atoms with Gasteiger partial charge in [-0.2, -0.15) is 0 Å². The number of carbonyl (C=O) groups is 1. The highest BCUT2D eigenvalue weighted by molar-refractivity contribution is 6.33. The molecule has 0 aliphatic rings. The van der Waals surface area contributed by atoms with Crippen molar-refractivity contribution in [2.45, 2.75) is 6.61 Å². The van der Waals surface area contributed by atoms with E-state index in [4.69, 9.17) is 33.7 Å². The summed E-state index contributed by atoms with van der Waals surface area (Å²) < 4.78 is 5.53. The van der Waals surface area contributed by atoms with E-state index in [-0.39, 0.29) is 5.56 Å². The van der Waals surface area contributed by atoms with E-state index in [0.29, 0.717) is 35.6 Å². The van der Waals surface area contributed by atoms with E-state index in [1.807, 2.05) is 24.3 Å². The standard InChI is InChI=1S/C15H15Cl2N3O2/c16-12-3-1-10(2-4-12)9-22-6-5-19-15-13(17)7-11(8-20-15)14(18)21/h1-4,7-8H,5-6,9H2,(H2,18,21)(H,19,20). The van der Waals surface area contributed by atoms with Crippen LogP contribution in [-0.4, -0.2) is 24.0 Å². The number of halogens is 2. The van der Waals surface area contributed by atoms with Gasteiger partial charge in [0.1, 0.15) is 5.82 Å². The zero-order valence-corrected chi connectivity index (χ0v) is 13.2. The van der Waals surface area contributed by atoms with Crippen LogP contribution in [0, 0.1) is 0 Å². The molecule has 22 heavy (non-hydrogen) atoms. The molecule has 0 radical (unpaired) electrons. The van der Waals surface area contributed by atoms with E-state index < -0.39 is 5.91 Å². The van der Waals surface area contributed by atoms with Crippen LogP contribution in [0.5, 0.6) is 0 Å². The van der Waals surface area contributed by atoms with Crippen molar-refractivity contribution in [1.29, 1.82) is 0 Å². The predicted octanol–water partition coefficient (Wildman–Crippen LogP) is 3.12. The minimum Gasteiger partial charge on any atom is -0.375 e. The van der Waals surface area contributed by atoms with Gasteiger partial charge in [-0.25, -0.2) is 4.98 Å². The third kappa shape index (κ3) is 4.87. The highest BCUT2D eigenvalue weighted by atomic mass is 35.5. The maximum absolute atomic E-state index is 11.0. The van der Waals surface area contributed by atoms with Gasteiger partial charge in [0, 0.05) is 17.8 Å². The molecule has 0 bridgehead atoms. The second kappa shape index (κ2) is 7.98. The summed E-state index contributed by atoms with van der Waals surface area (Å²) >= 11 is 11.8. The maximum atomic E-state index is 11.0. The molecule has 0 fully saturated rings. The van der Waals surface area contributed by atoms with Crippen LogP contribution in [0.2, 0.25) is 10.0 Å². The van der Waals surface area contributed by atoms with Crippen LogP contribution < -0.4 is 11.1 Å². The Labute approximate surface area is 138 Å². The van der Waals surface area contributed by atoms with Crippen LogP contribution in [0.1, 0.15) is 15.9 Å². The summed E-state index contributed by atoms with van der Waals surface area (Å²) in [4.78, 5) is 15.0. The van der Waals surface area contributed by atoms with Crippen LogP contribution in [0.15, 0.2) is 36.5 Å². The molecule has 0 unspecified atom stereocenters. The predicted molar refractivity (Wildman–Crippen MR) is 87.4 cm³/mol. The quantitative estimate of drug-likeness (QED) is 0.759. The first-order valence-electron chi connectivity index (χ1n) is 6.57. The molecule has 116 valence electrons. The summed E-state index contributed by atoms with van der Waals surface area (Å²) in [6, 6.07) is 8.95. The molecule has 0 aliphatic heterocycles. The largest absolute Gasteiger partial charge is 0.375 e. The smallest absolute Gasteiger partial charge is 0.250 e. The fourth-order valence-corrected chi connectivity index (χ4v) is 2.07. The molecule has 0 aliphatic carbocycles. The number of hydrogen-bond acceptors (Lipinski definition) is 4. The third-order valence-electron chi connectivity index (χ3n) is 2.85. The molecule has 1 aromatic heterocycles. The monoisotopic (exact) mass is 339 g/mol. The molecule has 0 spiro atoms. The van der Waals surface area contributed by atoms with E-state index in [1.54, 1.807) is 0 Å². The number of pyridine rings is 1. The topological polar surface area (TPSA) is 77.2 Å². The first-order chi connectivity index (χ1) is 10.6. The highest BCUT2D eigenvalue weighted by Gasteiger charge is 2.06. The van der Waals surface area contributed by atoms with Gasteiger partial charge < -0.3 is 15.8 Å². The Morgan fingerprint density at radius 1 is 1.27 bits per heavy atom. The summed E-state index contributed by atoms with van der Waals surface area (Å²) in [5.74, 6) is -0.0750. The molecule has 5 nitrogen and oxygen atoms in total. The number of anilines is 1. The fraction of sp³-hybridized carbons (Fsp3) is 0.200. The third-order valence-corrected chi connectivity index (χ3v) is 3.39. The van der Waals surface area contributed by atoms with Gasteiger partial charge in [0.05, 0.1) is 23.8 Å². The number of nitrogens with two attached hydrogens (primary N) is 1. The summed E-state index contributed by atoms with van der Waals surface area (Å²) in [6.07, 6.45) is 1.38. The molecule has 3 N–H and O–H groups in total. The lowest BCUT2D eigenvalue weighted by atomic mass is 10.2. The van der Waals surface area contributed by atoms with Crippen molar-refractivity contribution in [3.05, 3.63) is 57.7 Å². The number of benzene rings is 1. The van der Waals surface area contributed by atoms with E-state index in [2.05, 4.69) is 10.3 Å². The van der Waals surface area contributed by atoms with Gasteiger partial charge in [-0.1, -0.05) is 35.3 Å². The molecule has 2 rings (SSSR count). The number of ether oxygens (including phenoxy) is 1. The minimum atomic E-state index is -0.563. The van der Waals surface area contributed by atoms with Crippen molar-refractivity contribution >= 4 is 34.9 Å². The molecule has 1 amide bonds. The zero-order valence-electron chi connectivity index (χ0n) is 11.7. The molecular weight excluding hydrogens is 325 g/mol. The molecule has 2 aromatic rings. The Morgan fingerprint density at radius 2 is 2.00 bits per heavy atom. The number of nitrogens with zero attached hydrogens (tertiary/aromatic N) is 1.